The lowest BCUT2D eigenvalue weighted by molar-refractivity contribution is -0.386. The number of nitro groups is 1. The van der Waals surface area contributed by atoms with Crippen LogP contribution in [0.1, 0.15) is 18.7 Å². The molecule has 0 fully saturated rings. The predicted octanol–water partition coefficient (Wildman–Crippen LogP) is 1.48. The zero-order valence-electron chi connectivity index (χ0n) is 12.9. The van der Waals surface area contributed by atoms with Crippen LogP contribution in [0.15, 0.2) is 6.20 Å². The van der Waals surface area contributed by atoms with E-state index in [1.54, 1.807) is 6.92 Å². The van der Waals surface area contributed by atoms with Crippen LogP contribution in [0, 0.1) is 10.1 Å². The van der Waals surface area contributed by atoms with Crippen molar-refractivity contribution < 1.29 is 14.8 Å². The molecule has 21 heavy (non-hydrogen) atoms. The fraction of sp³-hybridized carbons (Fsp3) is 0.750. The molecule has 2 atom stereocenters. The van der Waals surface area contributed by atoms with E-state index in [0.717, 1.165) is 12.2 Å². The Morgan fingerprint density at radius 3 is 2.67 bits per heavy atom. The van der Waals surface area contributed by atoms with Gasteiger partial charge in [-0.1, -0.05) is 19.6 Å². The first-order valence-electron chi connectivity index (χ1n) is 6.85. The van der Waals surface area contributed by atoms with E-state index < -0.39 is 25.1 Å². The predicted molar refractivity (Wildman–Crippen MR) is 81.6 cm³/mol. The van der Waals surface area contributed by atoms with Gasteiger partial charge < -0.3 is 15.6 Å². The Bertz CT molecular complexity index is 484. The number of nitrogens with two attached hydrogens (primary N) is 1. The number of rotatable bonds is 8. The number of ether oxygens (including phenoxy) is 1. The van der Waals surface area contributed by atoms with Crippen molar-refractivity contribution in [2.45, 2.75) is 51.5 Å². The number of aliphatic hydroxyl groups is 1. The number of hydrogen-bond acceptors (Lipinski definition) is 6. The van der Waals surface area contributed by atoms with Gasteiger partial charge in [0.25, 0.3) is 0 Å². The molecule has 1 aromatic heterocycles. The molecule has 0 radical (unpaired) electrons. The van der Waals surface area contributed by atoms with Crippen molar-refractivity contribution in [3.05, 3.63) is 22.0 Å². The highest BCUT2D eigenvalue weighted by Gasteiger charge is 2.29. The molecular formula is C12H24N4O4Si. The monoisotopic (exact) mass is 316 g/mol. The smallest absolute Gasteiger partial charge is 0.313 e. The zero-order chi connectivity index (χ0) is 16.2. The molecular weight excluding hydrogens is 292 g/mol. The van der Waals surface area contributed by atoms with E-state index in [9.17, 15) is 15.2 Å². The van der Waals surface area contributed by atoms with E-state index in [-0.39, 0.29) is 18.1 Å². The number of hydrogen-bond donors (Lipinski definition) is 2. The molecule has 0 amide bonds. The Morgan fingerprint density at radius 1 is 1.57 bits per heavy atom. The molecule has 1 rings (SSSR count). The molecule has 0 bridgehead atoms. The highest BCUT2D eigenvalue weighted by molar-refractivity contribution is 6.76. The minimum absolute atomic E-state index is 0.0669. The van der Waals surface area contributed by atoms with Gasteiger partial charge in [-0.2, -0.15) is 5.10 Å². The van der Waals surface area contributed by atoms with E-state index in [1.807, 2.05) is 0 Å². The molecule has 0 aliphatic heterocycles. The average molecular weight is 316 g/mol. The molecule has 0 aliphatic carbocycles. The third kappa shape index (κ3) is 5.19. The van der Waals surface area contributed by atoms with Crippen LogP contribution in [0.3, 0.4) is 0 Å². The molecule has 1 heterocycles. The van der Waals surface area contributed by atoms with Gasteiger partial charge in [0.05, 0.1) is 4.92 Å². The second-order valence-electron chi connectivity index (χ2n) is 6.32. The van der Waals surface area contributed by atoms with Gasteiger partial charge in [0.2, 0.25) is 0 Å². The highest BCUT2D eigenvalue weighted by Crippen LogP contribution is 2.26. The summed E-state index contributed by atoms with van der Waals surface area (Å²) < 4.78 is 6.82. The van der Waals surface area contributed by atoms with Crippen LogP contribution in [0.4, 0.5) is 5.69 Å². The first kappa shape index (κ1) is 17.8. The summed E-state index contributed by atoms with van der Waals surface area (Å²) in [6, 6.07) is 0.350. The van der Waals surface area contributed by atoms with Crippen molar-refractivity contribution in [1.29, 1.82) is 0 Å². The van der Waals surface area contributed by atoms with Gasteiger partial charge >= 0.3 is 5.69 Å². The van der Waals surface area contributed by atoms with Crippen molar-refractivity contribution in [2.24, 2.45) is 5.73 Å². The van der Waals surface area contributed by atoms with Gasteiger partial charge in [-0.3, -0.25) is 10.1 Å². The second kappa shape index (κ2) is 7.12. The summed E-state index contributed by atoms with van der Waals surface area (Å²) in [5, 5.41) is 25.0. The Labute approximate surface area is 125 Å². The minimum Gasteiger partial charge on any atom is -0.385 e. The van der Waals surface area contributed by atoms with Gasteiger partial charge in [-0.05, 0) is 13.0 Å². The lowest BCUT2D eigenvalue weighted by Gasteiger charge is -2.18. The standard InChI is InChI=1S/C12H24N4O4Si/c1-9(13)12(17)11-10(16(18)19)7-14-15(11)8-20-5-6-21(2,3)4/h7,9,12,17H,5-6,8,13H2,1-4H3/t9-,12?/m0/s1. The quantitative estimate of drug-likeness (QED) is 0.325. The maximum Gasteiger partial charge on any atom is 0.313 e. The van der Waals surface area contributed by atoms with Crippen LogP contribution >= 0.6 is 0 Å². The maximum atomic E-state index is 11.0. The highest BCUT2D eigenvalue weighted by atomic mass is 28.3. The van der Waals surface area contributed by atoms with E-state index in [0.29, 0.717) is 6.61 Å². The van der Waals surface area contributed by atoms with E-state index in [4.69, 9.17) is 10.5 Å². The van der Waals surface area contributed by atoms with Crippen LogP contribution in [-0.4, -0.2) is 40.5 Å². The number of aromatic nitrogens is 2. The molecule has 0 saturated heterocycles. The Hall–Kier alpha value is -1.29. The second-order valence-corrected chi connectivity index (χ2v) is 11.9. The number of aliphatic hydroxyl groups excluding tert-OH is 1. The summed E-state index contributed by atoms with van der Waals surface area (Å²) in [6.07, 6.45) is -0.0449. The van der Waals surface area contributed by atoms with Crippen molar-refractivity contribution in [3.63, 3.8) is 0 Å². The van der Waals surface area contributed by atoms with E-state index in [2.05, 4.69) is 24.7 Å². The van der Waals surface area contributed by atoms with E-state index >= 15 is 0 Å². The summed E-state index contributed by atoms with van der Waals surface area (Å²) in [6.45, 7) is 8.92. The number of nitrogens with zero attached hydrogens (tertiary/aromatic N) is 3. The third-order valence-electron chi connectivity index (χ3n) is 3.04. The summed E-state index contributed by atoms with van der Waals surface area (Å²) in [5.74, 6) is 0. The lowest BCUT2D eigenvalue weighted by Crippen LogP contribution is -2.28. The normalized spacial score (nSPS) is 15.0. The lowest BCUT2D eigenvalue weighted by atomic mass is 10.1. The van der Waals surface area contributed by atoms with Gasteiger partial charge in [0.15, 0.2) is 0 Å². The fourth-order valence-corrected chi connectivity index (χ4v) is 2.47. The molecule has 0 aliphatic rings. The largest absolute Gasteiger partial charge is 0.385 e. The summed E-state index contributed by atoms with van der Waals surface area (Å²) in [4.78, 5) is 10.4. The first-order valence-corrected chi connectivity index (χ1v) is 10.6. The average Bonchev–Trinajstić information content (AvgIpc) is 2.76. The fourth-order valence-electron chi connectivity index (χ4n) is 1.71. The van der Waals surface area contributed by atoms with Gasteiger partial charge in [-0.25, -0.2) is 4.68 Å². The van der Waals surface area contributed by atoms with Gasteiger partial charge in [0, 0.05) is 20.7 Å². The van der Waals surface area contributed by atoms with Crippen molar-refractivity contribution in [2.75, 3.05) is 6.61 Å². The van der Waals surface area contributed by atoms with Crippen molar-refractivity contribution >= 4 is 13.8 Å². The van der Waals surface area contributed by atoms with Crippen LogP contribution in [-0.2, 0) is 11.5 Å². The van der Waals surface area contributed by atoms with Crippen molar-refractivity contribution in [3.8, 4) is 0 Å². The molecule has 0 aromatic carbocycles. The zero-order valence-corrected chi connectivity index (χ0v) is 13.9. The molecule has 3 N–H and O–H groups in total. The molecule has 8 nitrogen and oxygen atoms in total. The van der Waals surface area contributed by atoms with E-state index in [1.165, 1.54) is 4.68 Å². The SMILES string of the molecule is C[C@H](N)C(O)c1c([N+](=O)[O-])cnn1COCC[Si](C)(C)C. The molecule has 1 aromatic rings. The molecule has 0 spiro atoms. The summed E-state index contributed by atoms with van der Waals surface area (Å²) in [5.41, 5.74) is 5.47. The summed E-state index contributed by atoms with van der Waals surface area (Å²) >= 11 is 0. The van der Waals surface area contributed by atoms with Crippen LogP contribution in [0.5, 0.6) is 0 Å². The topological polar surface area (TPSA) is 116 Å². The maximum absolute atomic E-state index is 11.0. The Balaban J connectivity index is 2.80. The Morgan fingerprint density at radius 2 is 2.19 bits per heavy atom. The summed E-state index contributed by atoms with van der Waals surface area (Å²) in [7, 11) is -1.19. The van der Waals surface area contributed by atoms with Crippen LogP contribution in [0.25, 0.3) is 0 Å². The molecule has 1 unspecified atom stereocenters. The van der Waals surface area contributed by atoms with Gasteiger partial charge in [-0.15, -0.1) is 0 Å². The molecule has 120 valence electrons. The van der Waals surface area contributed by atoms with Crippen LogP contribution < -0.4 is 5.73 Å². The molecule has 0 saturated carbocycles. The minimum atomic E-state index is -1.19. The Kier molecular flexibility index (Phi) is 6.02. The van der Waals surface area contributed by atoms with Gasteiger partial charge in [0.1, 0.15) is 24.7 Å². The van der Waals surface area contributed by atoms with Crippen molar-refractivity contribution in [1.82, 2.24) is 9.78 Å². The van der Waals surface area contributed by atoms with Crippen LogP contribution in [0.2, 0.25) is 25.7 Å². The third-order valence-corrected chi connectivity index (χ3v) is 4.75. The molecule has 9 heteroatoms. The first-order chi connectivity index (χ1) is 9.63.